The van der Waals surface area contributed by atoms with Gasteiger partial charge in [0.05, 0.1) is 22.2 Å². The van der Waals surface area contributed by atoms with Crippen molar-refractivity contribution in [3.63, 3.8) is 0 Å². The third-order valence-electron chi connectivity index (χ3n) is 5.46. The first-order valence-corrected chi connectivity index (χ1v) is 10.6. The molecule has 0 spiro atoms. The highest BCUT2D eigenvalue weighted by Crippen LogP contribution is 2.41. The highest BCUT2D eigenvalue weighted by atomic mass is 16.5. The molecule has 5 rings (SSSR count). The van der Waals surface area contributed by atoms with Gasteiger partial charge in [0.1, 0.15) is 11.5 Å². The summed E-state index contributed by atoms with van der Waals surface area (Å²) in [5.41, 5.74) is 3.88. The lowest BCUT2D eigenvalue weighted by atomic mass is 10.0. The molecule has 1 aliphatic rings. The fourth-order valence-electron chi connectivity index (χ4n) is 3.81. The number of fused-ring (bicyclic) bond motifs is 1. The van der Waals surface area contributed by atoms with Gasteiger partial charge in [-0.05, 0) is 46.6 Å². The minimum absolute atomic E-state index is 0.222. The molecular formula is C24H25N5O2. The van der Waals surface area contributed by atoms with Gasteiger partial charge in [-0.1, -0.05) is 35.5 Å². The molecule has 1 amide bonds. The molecule has 158 valence electrons. The lowest BCUT2D eigenvalue weighted by molar-refractivity contribution is 0.102. The summed E-state index contributed by atoms with van der Waals surface area (Å²) in [5, 5.41) is 12.5. The summed E-state index contributed by atoms with van der Waals surface area (Å²) in [5.74, 6) is 0.814. The number of amides is 1. The molecule has 0 unspecified atom stereocenters. The van der Waals surface area contributed by atoms with Crippen molar-refractivity contribution in [2.24, 2.45) is 0 Å². The minimum atomic E-state index is -0.268. The van der Waals surface area contributed by atoms with Gasteiger partial charge in [0, 0.05) is 23.2 Å². The number of nitrogens with one attached hydrogen (secondary N) is 1. The van der Waals surface area contributed by atoms with E-state index < -0.39 is 0 Å². The predicted molar refractivity (Wildman–Crippen MR) is 119 cm³/mol. The van der Waals surface area contributed by atoms with Crippen molar-refractivity contribution >= 4 is 22.8 Å². The van der Waals surface area contributed by atoms with E-state index in [2.05, 4.69) is 41.3 Å². The number of hydrogen-bond acceptors (Lipinski definition) is 5. The largest absolute Gasteiger partial charge is 0.335 e. The van der Waals surface area contributed by atoms with Crippen LogP contribution in [0, 0.1) is 6.92 Å². The molecule has 1 N–H and O–H groups in total. The zero-order valence-electron chi connectivity index (χ0n) is 18.1. The zero-order chi connectivity index (χ0) is 21.8. The third kappa shape index (κ3) is 3.60. The van der Waals surface area contributed by atoms with Gasteiger partial charge >= 0.3 is 0 Å². The summed E-state index contributed by atoms with van der Waals surface area (Å²) in [6.07, 6.45) is 2.16. The van der Waals surface area contributed by atoms with Crippen LogP contribution in [-0.2, 0) is 5.54 Å². The normalized spacial score (nSPS) is 14.2. The molecule has 1 aliphatic carbocycles. The lowest BCUT2D eigenvalue weighted by Gasteiger charge is -2.22. The van der Waals surface area contributed by atoms with E-state index in [1.165, 1.54) is 0 Å². The summed E-state index contributed by atoms with van der Waals surface area (Å²) in [6.45, 7) is 8.08. The molecular weight excluding hydrogens is 390 g/mol. The number of aromatic nitrogens is 4. The fourth-order valence-corrected chi connectivity index (χ4v) is 3.81. The number of rotatable bonds is 4. The van der Waals surface area contributed by atoms with E-state index in [1.54, 1.807) is 0 Å². The third-order valence-corrected chi connectivity index (χ3v) is 5.46. The zero-order valence-corrected chi connectivity index (χ0v) is 18.1. The Morgan fingerprint density at radius 3 is 2.58 bits per heavy atom. The molecule has 0 aliphatic heterocycles. The standard InChI is InChI=1S/C24H25N5O2/c1-14-12-19(29(27-14)24(2,3)4)26-22(30)17-13-18(15-10-11-15)25-23-20(17)21(28-31-23)16-8-6-5-7-9-16/h5-9,12-13,15H,10-11H2,1-4H3,(H,26,30). The number of carbonyl (C=O) groups is 1. The van der Waals surface area contributed by atoms with Crippen LogP contribution in [0.4, 0.5) is 5.82 Å². The van der Waals surface area contributed by atoms with Crippen LogP contribution in [0.15, 0.2) is 47.0 Å². The Morgan fingerprint density at radius 2 is 1.90 bits per heavy atom. The number of carbonyl (C=O) groups excluding carboxylic acids is 1. The van der Waals surface area contributed by atoms with E-state index in [0.717, 1.165) is 29.8 Å². The van der Waals surface area contributed by atoms with Crippen molar-refractivity contribution in [2.45, 2.75) is 52.0 Å². The maximum Gasteiger partial charge on any atom is 0.259 e. The highest BCUT2D eigenvalue weighted by molar-refractivity contribution is 6.14. The Balaban J connectivity index is 1.63. The van der Waals surface area contributed by atoms with Gasteiger partial charge in [0.15, 0.2) is 0 Å². The van der Waals surface area contributed by atoms with Gasteiger partial charge in [-0.25, -0.2) is 9.67 Å². The Labute approximate surface area is 180 Å². The first-order chi connectivity index (χ1) is 14.8. The summed E-state index contributed by atoms with van der Waals surface area (Å²) in [6, 6.07) is 13.5. The van der Waals surface area contributed by atoms with Gasteiger partial charge in [-0.2, -0.15) is 5.10 Å². The first kappa shape index (κ1) is 19.5. The van der Waals surface area contributed by atoms with Crippen LogP contribution in [0.2, 0.25) is 0 Å². The number of anilines is 1. The van der Waals surface area contributed by atoms with Crippen LogP contribution in [0.25, 0.3) is 22.4 Å². The number of aryl methyl sites for hydroxylation is 1. The Kier molecular flexibility index (Phi) is 4.43. The number of benzene rings is 1. The maximum atomic E-state index is 13.5. The Morgan fingerprint density at radius 1 is 1.16 bits per heavy atom. The quantitative estimate of drug-likeness (QED) is 0.490. The van der Waals surface area contributed by atoms with Gasteiger partial charge in [0.25, 0.3) is 11.6 Å². The van der Waals surface area contributed by atoms with Crippen LogP contribution >= 0.6 is 0 Å². The second-order valence-electron chi connectivity index (χ2n) is 9.15. The molecule has 3 aromatic heterocycles. The molecule has 1 aromatic carbocycles. The van der Waals surface area contributed by atoms with Gasteiger partial charge in [-0.3, -0.25) is 4.79 Å². The molecule has 31 heavy (non-hydrogen) atoms. The molecule has 7 nitrogen and oxygen atoms in total. The highest BCUT2D eigenvalue weighted by Gasteiger charge is 2.30. The summed E-state index contributed by atoms with van der Waals surface area (Å²) in [7, 11) is 0. The number of nitrogens with zero attached hydrogens (tertiary/aromatic N) is 4. The van der Waals surface area contributed by atoms with E-state index in [-0.39, 0.29) is 11.4 Å². The topological polar surface area (TPSA) is 85.8 Å². The van der Waals surface area contributed by atoms with Gasteiger partial charge in [-0.15, -0.1) is 0 Å². The van der Waals surface area contributed by atoms with Gasteiger partial charge in [0.2, 0.25) is 0 Å². The molecule has 4 aromatic rings. The smallest absolute Gasteiger partial charge is 0.259 e. The second kappa shape index (κ2) is 7.04. The van der Waals surface area contributed by atoms with Gasteiger partial charge < -0.3 is 9.84 Å². The Hall–Kier alpha value is -3.48. The van der Waals surface area contributed by atoms with E-state index in [4.69, 9.17) is 4.52 Å². The molecule has 0 bridgehead atoms. The summed E-state index contributed by atoms with van der Waals surface area (Å²) >= 11 is 0. The Bertz CT molecular complexity index is 1280. The molecule has 0 radical (unpaired) electrons. The van der Waals surface area contributed by atoms with Crippen molar-refractivity contribution < 1.29 is 9.32 Å². The van der Waals surface area contributed by atoms with Crippen molar-refractivity contribution in [1.82, 2.24) is 19.9 Å². The molecule has 3 heterocycles. The van der Waals surface area contributed by atoms with Crippen molar-refractivity contribution in [2.75, 3.05) is 5.32 Å². The van der Waals surface area contributed by atoms with Crippen molar-refractivity contribution in [3.05, 3.63) is 59.4 Å². The predicted octanol–water partition coefficient (Wildman–Crippen LogP) is 5.28. The summed E-state index contributed by atoms with van der Waals surface area (Å²) < 4.78 is 7.43. The maximum absolute atomic E-state index is 13.5. The number of pyridine rings is 1. The van der Waals surface area contributed by atoms with Crippen LogP contribution in [0.3, 0.4) is 0 Å². The fraction of sp³-hybridized carbons (Fsp3) is 0.333. The van der Waals surface area contributed by atoms with Crippen LogP contribution < -0.4 is 5.32 Å². The first-order valence-electron chi connectivity index (χ1n) is 10.6. The van der Waals surface area contributed by atoms with Crippen LogP contribution in [-0.4, -0.2) is 25.8 Å². The van der Waals surface area contributed by atoms with Crippen LogP contribution in [0.1, 0.15) is 61.3 Å². The second-order valence-corrected chi connectivity index (χ2v) is 9.15. The molecule has 1 fully saturated rings. The lowest BCUT2D eigenvalue weighted by Crippen LogP contribution is -2.27. The van der Waals surface area contributed by atoms with Crippen molar-refractivity contribution in [3.8, 4) is 11.3 Å². The molecule has 1 saturated carbocycles. The minimum Gasteiger partial charge on any atom is -0.335 e. The van der Waals surface area contributed by atoms with E-state index in [1.807, 2.05) is 54.1 Å². The average Bonchev–Trinajstić information content (AvgIpc) is 3.39. The van der Waals surface area contributed by atoms with Crippen LogP contribution in [0.5, 0.6) is 0 Å². The SMILES string of the molecule is Cc1cc(NC(=O)c2cc(C3CC3)nc3onc(-c4ccccc4)c23)n(C(C)(C)C)n1. The van der Waals surface area contributed by atoms with E-state index in [0.29, 0.717) is 34.1 Å². The van der Waals surface area contributed by atoms with Crippen molar-refractivity contribution in [1.29, 1.82) is 0 Å². The average molecular weight is 415 g/mol. The number of hydrogen-bond donors (Lipinski definition) is 1. The molecule has 7 heteroatoms. The monoisotopic (exact) mass is 415 g/mol. The molecule has 0 atom stereocenters. The molecule has 0 saturated heterocycles. The van der Waals surface area contributed by atoms with E-state index in [9.17, 15) is 4.79 Å². The van der Waals surface area contributed by atoms with E-state index >= 15 is 0 Å². The summed E-state index contributed by atoms with van der Waals surface area (Å²) in [4.78, 5) is 18.2.